The lowest BCUT2D eigenvalue weighted by molar-refractivity contribution is 0.603. The van der Waals surface area contributed by atoms with Crippen LogP contribution in [0.15, 0.2) is 47.5 Å². The Labute approximate surface area is 162 Å². The molecule has 0 aliphatic carbocycles. The van der Waals surface area contributed by atoms with E-state index in [-0.39, 0.29) is 0 Å². The summed E-state index contributed by atoms with van der Waals surface area (Å²) < 4.78 is 0. The van der Waals surface area contributed by atoms with Crippen LogP contribution < -0.4 is 16.4 Å². The summed E-state index contributed by atoms with van der Waals surface area (Å²) in [5.74, 6) is 1.05. The van der Waals surface area contributed by atoms with E-state index in [1.807, 2.05) is 52.2 Å². The highest BCUT2D eigenvalue weighted by molar-refractivity contribution is 6.18. The number of aliphatic imine (C=N–C) groups is 1. The number of fused-ring (bicyclic) bond motifs is 1. The lowest BCUT2D eigenvalue weighted by Gasteiger charge is -2.20. The Morgan fingerprint density at radius 2 is 2.19 bits per heavy atom. The molecule has 1 saturated heterocycles. The maximum atomic E-state index is 5.94. The minimum Gasteiger partial charge on any atom is -0.384 e. The first-order valence-electron chi connectivity index (χ1n) is 9.72. The molecule has 1 aliphatic heterocycles. The van der Waals surface area contributed by atoms with Crippen molar-refractivity contribution >= 4 is 22.4 Å². The van der Waals surface area contributed by atoms with Crippen molar-refractivity contribution in [1.82, 2.24) is 9.97 Å². The average molecular weight is 369 g/mol. The molecule has 0 saturated carbocycles. The number of nitrogens with zero attached hydrogens (tertiary/aromatic N) is 3. The second-order valence-corrected chi connectivity index (χ2v) is 6.30. The highest BCUT2D eigenvalue weighted by Crippen LogP contribution is 2.32. The molecule has 1 aliphatic rings. The molecule has 1 fully saturated rings. The molecular formula is C21H32N6. The van der Waals surface area contributed by atoms with Gasteiger partial charge in [-0.2, -0.15) is 0 Å². The molecule has 1 atom stereocenters. The summed E-state index contributed by atoms with van der Waals surface area (Å²) in [7, 11) is 0. The van der Waals surface area contributed by atoms with Gasteiger partial charge in [-0.25, -0.2) is 9.98 Å². The van der Waals surface area contributed by atoms with E-state index >= 15 is 0 Å². The minimum absolute atomic E-state index is 0.497. The number of hydrogen-bond acceptors (Lipinski definition) is 5. The standard InChI is InChI=1S/C19H26N6.C2H6/c1-3-5-15(24-17(21)4-2)14-11-23-19-18(14)16(6-8-22-19)25-9-7-13(10-20)12-25;1-2/h3-6,8,11,13H,7,9-10,12,20-21H2,1-2H3,(H,22,23);1-2H3/b5-3-,17-4+,24-15+;. The number of nitrogens with two attached hydrogens (primary N) is 2. The second-order valence-electron chi connectivity index (χ2n) is 6.30. The molecule has 2 aromatic rings. The van der Waals surface area contributed by atoms with E-state index in [2.05, 4.69) is 25.9 Å². The summed E-state index contributed by atoms with van der Waals surface area (Å²) in [4.78, 5) is 14.7. The second kappa shape index (κ2) is 9.92. The Kier molecular flexibility index (Phi) is 7.61. The Morgan fingerprint density at radius 3 is 2.81 bits per heavy atom. The maximum absolute atomic E-state index is 5.94. The summed E-state index contributed by atoms with van der Waals surface area (Å²) in [5, 5.41) is 1.08. The van der Waals surface area contributed by atoms with Gasteiger partial charge in [0.05, 0.1) is 11.1 Å². The number of allylic oxidation sites excluding steroid dienone is 3. The first-order valence-corrected chi connectivity index (χ1v) is 9.72. The van der Waals surface area contributed by atoms with Crippen molar-refractivity contribution in [1.29, 1.82) is 0 Å². The summed E-state index contributed by atoms with van der Waals surface area (Å²) in [5.41, 5.74) is 15.7. The minimum atomic E-state index is 0.497. The molecule has 146 valence electrons. The van der Waals surface area contributed by atoms with Gasteiger partial charge < -0.3 is 21.4 Å². The van der Waals surface area contributed by atoms with Crippen molar-refractivity contribution in [2.24, 2.45) is 22.4 Å². The zero-order valence-corrected chi connectivity index (χ0v) is 16.9. The van der Waals surface area contributed by atoms with Crippen LogP contribution in [0, 0.1) is 5.92 Å². The molecule has 0 bridgehead atoms. The van der Waals surface area contributed by atoms with Gasteiger partial charge in [-0.1, -0.05) is 19.9 Å². The van der Waals surface area contributed by atoms with Gasteiger partial charge in [0.2, 0.25) is 0 Å². The third kappa shape index (κ3) is 4.57. The molecule has 1 unspecified atom stereocenters. The molecule has 0 spiro atoms. The Bertz CT molecular complexity index is 830. The third-order valence-electron chi connectivity index (χ3n) is 4.66. The van der Waals surface area contributed by atoms with Gasteiger partial charge in [-0.05, 0) is 50.9 Å². The van der Waals surface area contributed by atoms with Gasteiger partial charge in [-0.15, -0.1) is 0 Å². The maximum Gasteiger partial charge on any atom is 0.140 e. The molecule has 0 aromatic carbocycles. The number of aromatic amines is 1. The van der Waals surface area contributed by atoms with Crippen molar-refractivity contribution in [2.45, 2.75) is 34.1 Å². The van der Waals surface area contributed by atoms with E-state index in [4.69, 9.17) is 11.5 Å². The monoisotopic (exact) mass is 368 g/mol. The fraction of sp³-hybridized carbons (Fsp3) is 0.429. The van der Waals surface area contributed by atoms with Crippen LogP contribution >= 0.6 is 0 Å². The first kappa shape index (κ1) is 20.7. The molecule has 3 rings (SSSR count). The van der Waals surface area contributed by atoms with Crippen LogP contribution in [-0.2, 0) is 0 Å². The van der Waals surface area contributed by atoms with Crippen LogP contribution in [0.1, 0.15) is 39.7 Å². The number of H-pyrrole nitrogens is 1. The molecular weight excluding hydrogens is 336 g/mol. The molecule has 0 amide bonds. The van der Waals surface area contributed by atoms with E-state index in [9.17, 15) is 0 Å². The zero-order chi connectivity index (χ0) is 19.8. The van der Waals surface area contributed by atoms with Gasteiger partial charge in [0.1, 0.15) is 11.5 Å². The van der Waals surface area contributed by atoms with Crippen LogP contribution in [0.4, 0.5) is 5.69 Å². The molecule has 0 radical (unpaired) electrons. The predicted molar refractivity (Wildman–Crippen MR) is 116 cm³/mol. The molecule has 6 nitrogen and oxygen atoms in total. The quantitative estimate of drug-likeness (QED) is 0.703. The SMILES string of the molecule is CC.C\C=C/C(=N\C(N)=C\C)c1c[nH]c2nccc(N3CCC(CN)C3)c12. The summed E-state index contributed by atoms with van der Waals surface area (Å²) in [6.45, 7) is 10.6. The van der Waals surface area contributed by atoms with Crippen LogP contribution in [0.5, 0.6) is 0 Å². The number of aromatic nitrogens is 2. The number of rotatable bonds is 5. The number of hydrogen-bond donors (Lipinski definition) is 3. The first-order chi connectivity index (χ1) is 13.2. The molecule has 5 N–H and O–H groups in total. The van der Waals surface area contributed by atoms with E-state index in [1.165, 1.54) is 5.69 Å². The highest BCUT2D eigenvalue weighted by Gasteiger charge is 2.24. The highest BCUT2D eigenvalue weighted by atomic mass is 15.2. The Balaban J connectivity index is 0.00000126. The fourth-order valence-electron chi connectivity index (χ4n) is 3.30. The average Bonchev–Trinajstić information content (AvgIpc) is 3.36. The van der Waals surface area contributed by atoms with E-state index in [1.54, 1.807) is 6.08 Å². The third-order valence-corrected chi connectivity index (χ3v) is 4.66. The normalized spacial score (nSPS) is 18.3. The zero-order valence-electron chi connectivity index (χ0n) is 16.9. The van der Waals surface area contributed by atoms with Crippen LogP contribution in [0.25, 0.3) is 11.0 Å². The Hall–Kier alpha value is -2.60. The molecule has 6 heteroatoms. The number of pyridine rings is 1. The number of nitrogens with one attached hydrogen (secondary N) is 1. The van der Waals surface area contributed by atoms with Crippen molar-refractivity contribution in [3.63, 3.8) is 0 Å². The van der Waals surface area contributed by atoms with Gasteiger partial charge in [0.15, 0.2) is 0 Å². The van der Waals surface area contributed by atoms with E-state index < -0.39 is 0 Å². The van der Waals surface area contributed by atoms with Gasteiger partial charge in [0, 0.05) is 36.7 Å². The number of anilines is 1. The smallest absolute Gasteiger partial charge is 0.140 e. The predicted octanol–water partition coefficient (Wildman–Crippen LogP) is 3.56. The largest absolute Gasteiger partial charge is 0.384 e. The van der Waals surface area contributed by atoms with Gasteiger partial charge in [-0.3, -0.25) is 0 Å². The lowest BCUT2D eigenvalue weighted by atomic mass is 10.1. The van der Waals surface area contributed by atoms with Crippen molar-refractivity contribution < 1.29 is 0 Å². The van der Waals surface area contributed by atoms with E-state index in [0.717, 1.165) is 48.4 Å². The molecule has 2 aromatic heterocycles. The molecule has 27 heavy (non-hydrogen) atoms. The lowest BCUT2D eigenvalue weighted by Crippen LogP contribution is -2.23. The van der Waals surface area contributed by atoms with Crippen molar-refractivity contribution in [3.8, 4) is 0 Å². The molecule has 3 heterocycles. The van der Waals surface area contributed by atoms with Crippen LogP contribution in [0.3, 0.4) is 0 Å². The van der Waals surface area contributed by atoms with E-state index in [0.29, 0.717) is 11.7 Å². The summed E-state index contributed by atoms with van der Waals surface area (Å²) in [6, 6.07) is 2.07. The van der Waals surface area contributed by atoms with Crippen molar-refractivity contribution in [2.75, 3.05) is 24.5 Å². The topological polar surface area (TPSA) is 96.3 Å². The van der Waals surface area contributed by atoms with Crippen LogP contribution in [-0.4, -0.2) is 35.3 Å². The Morgan fingerprint density at radius 1 is 1.41 bits per heavy atom. The van der Waals surface area contributed by atoms with Gasteiger partial charge in [0.25, 0.3) is 0 Å². The van der Waals surface area contributed by atoms with Crippen LogP contribution in [0.2, 0.25) is 0 Å². The summed E-state index contributed by atoms with van der Waals surface area (Å²) >= 11 is 0. The summed E-state index contributed by atoms with van der Waals surface area (Å²) in [6.07, 6.45) is 10.7. The van der Waals surface area contributed by atoms with Crippen molar-refractivity contribution in [3.05, 3.63) is 48.1 Å². The van der Waals surface area contributed by atoms with Gasteiger partial charge >= 0.3 is 0 Å². The fourth-order valence-corrected chi connectivity index (χ4v) is 3.30.